The fourth-order valence-corrected chi connectivity index (χ4v) is 1.82. The molecule has 2 rings (SSSR count). The second kappa shape index (κ2) is 8.05. The van der Waals surface area contributed by atoms with Gasteiger partial charge in [0, 0.05) is 0 Å². The van der Waals surface area contributed by atoms with Crippen LogP contribution in [0.3, 0.4) is 0 Å². The van der Waals surface area contributed by atoms with Crippen LogP contribution in [0.25, 0.3) is 0 Å². The van der Waals surface area contributed by atoms with Gasteiger partial charge in [-0.15, -0.1) is 0 Å². The summed E-state index contributed by atoms with van der Waals surface area (Å²) in [5.74, 6) is -5.89. The Balaban J connectivity index is 1.78. The van der Waals surface area contributed by atoms with E-state index in [0.29, 0.717) is 11.8 Å². The maximum atomic E-state index is 13.4. The van der Waals surface area contributed by atoms with Gasteiger partial charge in [0.15, 0.2) is 17.5 Å². The number of carbonyl (C=O) groups is 3. The Hall–Kier alpha value is -3.50. The van der Waals surface area contributed by atoms with Gasteiger partial charge in [0.05, 0.1) is 24.1 Å². The van der Waals surface area contributed by atoms with Crippen LogP contribution in [0, 0.1) is 24.4 Å². The zero-order valence-electron chi connectivity index (χ0n) is 13.3. The lowest BCUT2D eigenvalue weighted by molar-refractivity contribution is -0.115. The number of amides is 4. The minimum absolute atomic E-state index is 0.205. The smallest absolute Gasteiger partial charge is 0.333 e. The van der Waals surface area contributed by atoms with E-state index in [1.807, 2.05) is 10.7 Å². The summed E-state index contributed by atoms with van der Waals surface area (Å²) in [6.07, 6.45) is 1.30. The van der Waals surface area contributed by atoms with Crippen LogP contribution in [-0.2, 0) is 4.79 Å². The highest BCUT2D eigenvalue weighted by molar-refractivity contribution is 5.97. The summed E-state index contributed by atoms with van der Waals surface area (Å²) < 4.78 is 44.2. The van der Waals surface area contributed by atoms with Crippen LogP contribution >= 0.6 is 0 Å². The zero-order chi connectivity index (χ0) is 19.3. The third-order valence-electron chi connectivity index (χ3n) is 3.11. The van der Waals surface area contributed by atoms with Crippen LogP contribution in [0.15, 0.2) is 28.9 Å². The Morgan fingerprint density at radius 3 is 2.42 bits per heavy atom. The monoisotopic (exact) mass is 370 g/mol. The number of hydrogen-bond donors (Lipinski definition) is 4. The van der Waals surface area contributed by atoms with E-state index in [1.165, 1.54) is 12.3 Å². The van der Waals surface area contributed by atoms with E-state index in [1.54, 1.807) is 6.92 Å². The first-order valence-corrected chi connectivity index (χ1v) is 7.11. The van der Waals surface area contributed by atoms with Gasteiger partial charge in [0.25, 0.3) is 5.91 Å². The quantitative estimate of drug-likeness (QED) is 0.484. The van der Waals surface area contributed by atoms with E-state index in [9.17, 15) is 27.6 Å². The molecule has 0 aliphatic rings. The molecule has 0 bridgehead atoms. The number of hydrogen-bond acceptors (Lipinski definition) is 4. The van der Waals surface area contributed by atoms with E-state index in [4.69, 9.17) is 4.42 Å². The van der Waals surface area contributed by atoms with E-state index >= 15 is 0 Å². The Morgan fingerprint density at radius 2 is 1.77 bits per heavy atom. The molecule has 0 unspecified atom stereocenters. The van der Waals surface area contributed by atoms with Gasteiger partial charge in [-0.2, -0.15) is 0 Å². The summed E-state index contributed by atoms with van der Waals surface area (Å²) in [6.45, 7) is 0.932. The van der Waals surface area contributed by atoms with Crippen molar-refractivity contribution in [2.45, 2.75) is 6.92 Å². The SMILES string of the molecule is Cc1occc1C(=O)NNC(=O)NCC(=O)Nc1ccc(F)c(F)c1F. The van der Waals surface area contributed by atoms with E-state index in [0.717, 1.165) is 6.07 Å². The zero-order valence-corrected chi connectivity index (χ0v) is 13.3. The molecule has 0 saturated heterocycles. The van der Waals surface area contributed by atoms with E-state index in [2.05, 4.69) is 10.7 Å². The molecule has 8 nitrogen and oxygen atoms in total. The average molecular weight is 370 g/mol. The molecular weight excluding hydrogens is 357 g/mol. The molecule has 0 atom stereocenters. The number of rotatable bonds is 4. The maximum Gasteiger partial charge on any atom is 0.333 e. The van der Waals surface area contributed by atoms with Crippen LogP contribution in [0.4, 0.5) is 23.7 Å². The number of aryl methyl sites for hydroxylation is 1. The fourth-order valence-electron chi connectivity index (χ4n) is 1.82. The van der Waals surface area contributed by atoms with Crippen molar-refractivity contribution >= 4 is 23.5 Å². The third kappa shape index (κ3) is 4.53. The van der Waals surface area contributed by atoms with Crippen molar-refractivity contribution in [3.8, 4) is 0 Å². The Kier molecular flexibility index (Phi) is 5.83. The molecule has 0 spiro atoms. The average Bonchev–Trinajstić information content (AvgIpc) is 3.04. The fraction of sp³-hybridized carbons (Fsp3) is 0.133. The summed E-state index contributed by atoms with van der Waals surface area (Å²) in [7, 11) is 0. The lowest BCUT2D eigenvalue weighted by Crippen LogP contribution is -2.48. The highest BCUT2D eigenvalue weighted by Gasteiger charge is 2.16. The van der Waals surface area contributed by atoms with Crippen LogP contribution < -0.4 is 21.5 Å². The molecule has 0 aliphatic carbocycles. The summed E-state index contributed by atoms with van der Waals surface area (Å²) in [4.78, 5) is 34.8. The van der Waals surface area contributed by atoms with Gasteiger partial charge in [-0.1, -0.05) is 0 Å². The number of benzene rings is 1. The number of carbonyl (C=O) groups excluding carboxylic acids is 3. The molecule has 0 aliphatic heterocycles. The van der Waals surface area contributed by atoms with Crippen LogP contribution in [0.2, 0.25) is 0 Å². The Morgan fingerprint density at radius 1 is 1.04 bits per heavy atom. The van der Waals surface area contributed by atoms with Crippen molar-refractivity contribution in [3.05, 3.63) is 53.2 Å². The van der Waals surface area contributed by atoms with Gasteiger partial charge < -0.3 is 15.1 Å². The van der Waals surface area contributed by atoms with Crippen molar-refractivity contribution in [3.63, 3.8) is 0 Å². The molecule has 138 valence electrons. The normalized spacial score (nSPS) is 10.2. The van der Waals surface area contributed by atoms with E-state index in [-0.39, 0.29) is 5.56 Å². The maximum absolute atomic E-state index is 13.4. The van der Waals surface area contributed by atoms with Crippen molar-refractivity contribution in [2.24, 2.45) is 0 Å². The standard InChI is InChI=1S/C15H13F3N4O4/c1-7-8(4-5-26-7)14(24)21-22-15(25)19-6-11(23)20-10-3-2-9(16)12(17)13(10)18/h2-5H,6H2,1H3,(H,20,23)(H,21,24)(H2,19,22,25). The molecule has 1 heterocycles. The topological polar surface area (TPSA) is 112 Å². The molecule has 1 aromatic heterocycles. The Labute approximate surface area is 144 Å². The van der Waals surface area contributed by atoms with Crippen LogP contribution in [0.1, 0.15) is 16.1 Å². The second-order valence-electron chi connectivity index (χ2n) is 4.92. The molecule has 1 aromatic carbocycles. The number of halogens is 3. The predicted molar refractivity (Wildman–Crippen MR) is 82.4 cm³/mol. The summed E-state index contributed by atoms with van der Waals surface area (Å²) in [5.41, 5.74) is 3.69. The minimum Gasteiger partial charge on any atom is -0.469 e. The van der Waals surface area contributed by atoms with Gasteiger partial charge in [-0.05, 0) is 25.1 Å². The number of urea groups is 1. The summed E-state index contributed by atoms with van der Waals surface area (Å²) in [6, 6.07) is 1.94. The van der Waals surface area contributed by atoms with Crippen LogP contribution in [0.5, 0.6) is 0 Å². The first-order valence-electron chi connectivity index (χ1n) is 7.11. The summed E-state index contributed by atoms with van der Waals surface area (Å²) in [5, 5.41) is 4.04. The molecule has 2 aromatic rings. The van der Waals surface area contributed by atoms with Crippen molar-refractivity contribution < 1.29 is 32.0 Å². The number of furan rings is 1. The second-order valence-corrected chi connectivity index (χ2v) is 4.92. The first-order chi connectivity index (χ1) is 12.3. The van der Waals surface area contributed by atoms with Crippen molar-refractivity contribution in [2.75, 3.05) is 11.9 Å². The largest absolute Gasteiger partial charge is 0.469 e. The minimum atomic E-state index is -1.73. The molecule has 0 fully saturated rings. The number of hydrazine groups is 1. The number of anilines is 1. The summed E-state index contributed by atoms with van der Waals surface area (Å²) >= 11 is 0. The Bertz CT molecular complexity index is 853. The van der Waals surface area contributed by atoms with Gasteiger partial charge in [-0.25, -0.2) is 23.4 Å². The van der Waals surface area contributed by atoms with E-state index < -0.39 is 47.5 Å². The first kappa shape index (κ1) is 18.8. The van der Waals surface area contributed by atoms with Crippen molar-refractivity contribution in [1.29, 1.82) is 0 Å². The predicted octanol–water partition coefficient (Wildman–Crippen LogP) is 1.59. The number of nitrogens with one attached hydrogen (secondary N) is 4. The molecule has 0 radical (unpaired) electrons. The van der Waals surface area contributed by atoms with Crippen LogP contribution in [-0.4, -0.2) is 24.4 Å². The lowest BCUT2D eigenvalue weighted by atomic mass is 10.2. The highest BCUT2D eigenvalue weighted by Crippen LogP contribution is 2.19. The van der Waals surface area contributed by atoms with Gasteiger partial charge in [0.1, 0.15) is 5.76 Å². The van der Waals surface area contributed by atoms with Gasteiger partial charge in [0.2, 0.25) is 5.91 Å². The molecule has 4 N–H and O–H groups in total. The molecule has 4 amide bonds. The van der Waals surface area contributed by atoms with Gasteiger partial charge in [-0.3, -0.25) is 15.0 Å². The van der Waals surface area contributed by atoms with Crippen molar-refractivity contribution in [1.82, 2.24) is 16.2 Å². The molecule has 11 heteroatoms. The molecular formula is C15H13F3N4O4. The molecule has 26 heavy (non-hydrogen) atoms. The third-order valence-corrected chi connectivity index (χ3v) is 3.11. The lowest BCUT2D eigenvalue weighted by Gasteiger charge is -2.10. The molecule has 0 saturated carbocycles. The highest BCUT2D eigenvalue weighted by atomic mass is 19.2. The van der Waals surface area contributed by atoms with Gasteiger partial charge >= 0.3 is 6.03 Å².